The molecule has 1 heterocycles. The largest absolute Gasteiger partial charge is 0.321 e. The molecule has 0 bridgehead atoms. The Morgan fingerprint density at radius 3 is 2.72 bits per heavy atom. The van der Waals surface area contributed by atoms with Gasteiger partial charge in [-0.25, -0.2) is 4.98 Å². The van der Waals surface area contributed by atoms with Crippen molar-refractivity contribution in [2.24, 2.45) is 5.92 Å². The molecule has 0 spiro atoms. The minimum atomic E-state index is 0.0762. The zero-order valence-corrected chi connectivity index (χ0v) is 12.1. The summed E-state index contributed by atoms with van der Waals surface area (Å²) in [5, 5.41) is 0.720. The van der Waals surface area contributed by atoms with Gasteiger partial charge in [0.15, 0.2) is 0 Å². The van der Waals surface area contributed by atoms with Gasteiger partial charge in [0.25, 0.3) is 0 Å². The van der Waals surface area contributed by atoms with Crippen molar-refractivity contribution >= 4 is 34.2 Å². The second-order valence-electron chi connectivity index (χ2n) is 5.56. The van der Waals surface area contributed by atoms with Crippen LogP contribution in [-0.4, -0.2) is 9.55 Å². The molecule has 2 nitrogen and oxygen atoms in total. The molecule has 1 aliphatic carbocycles. The molecule has 1 saturated carbocycles. The van der Waals surface area contributed by atoms with Gasteiger partial charge in [0.1, 0.15) is 5.82 Å². The average Bonchev–Trinajstić information content (AvgIpc) is 3.10. The Balaban J connectivity index is 2.25. The van der Waals surface area contributed by atoms with E-state index in [0.717, 1.165) is 27.8 Å². The van der Waals surface area contributed by atoms with E-state index in [9.17, 15) is 0 Å². The minimum absolute atomic E-state index is 0.0762. The molecule has 1 fully saturated rings. The van der Waals surface area contributed by atoms with Crippen molar-refractivity contribution in [2.75, 3.05) is 0 Å². The summed E-state index contributed by atoms with van der Waals surface area (Å²) in [5.74, 6) is 2.10. The number of fused-ring (bicyclic) bond motifs is 1. The number of hydrogen-bond donors (Lipinski definition) is 0. The molecule has 2 aromatic rings. The van der Waals surface area contributed by atoms with E-state index in [1.165, 1.54) is 12.8 Å². The Hall–Kier alpha value is -0.730. The second-order valence-corrected chi connectivity index (χ2v) is 6.26. The maximum absolute atomic E-state index is 6.06. The zero-order chi connectivity index (χ0) is 12.9. The molecule has 0 amide bonds. The van der Waals surface area contributed by atoms with Crippen LogP contribution in [-0.2, 0) is 11.4 Å². The highest BCUT2D eigenvalue weighted by Gasteiger charge is 2.40. The van der Waals surface area contributed by atoms with Crippen molar-refractivity contribution in [3.05, 3.63) is 29.0 Å². The minimum Gasteiger partial charge on any atom is -0.321 e. The Kier molecular flexibility index (Phi) is 2.83. The standard InChI is InChI=1S/C14H16Cl2N2/c1-14(2,9-3-4-9)18-12-6-5-10(16)7-11(12)17-13(18)8-15/h5-7,9H,3-4,8H2,1-2H3. The van der Waals surface area contributed by atoms with E-state index in [1.54, 1.807) is 0 Å². The molecular formula is C14H16Cl2N2. The van der Waals surface area contributed by atoms with Crippen LogP contribution in [0.4, 0.5) is 0 Å². The van der Waals surface area contributed by atoms with Gasteiger partial charge in [-0.1, -0.05) is 11.6 Å². The van der Waals surface area contributed by atoms with Crippen LogP contribution in [0.25, 0.3) is 11.0 Å². The van der Waals surface area contributed by atoms with E-state index in [2.05, 4.69) is 23.4 Å². The van der Waals surface area contributed by atoms with E-state index < -0.39 is 0 Å². The van der Waals surface area contributed by atoms with Crippen molar-refractivity contribution in [3.63, 3.8) is 0 Å². The number of benzene rings is 1. The van der Waals surface area contributed by atoms with Crippen LogP contribution in [0.5, 0.6) is 0 Å². The summed E-state index contributed by atoms with van der Waals surface area (Å²) in [5.41, 5.74) is 2.14. The molecule has 0 radical (unpaired) electrons. The van der Waals surface area contributed by atoms with Gasteiger partial charge in [-0.05, 0) is 50.8 Å². The molecule has 1 aromatic carbocycles. The summed E-state index contributed by atoms with van der Waals surface area (Å²) < 4.78 is 2.29. The molecule has 4 heteroatoms. The number of nitrogens with zero attached hydrogens (tertiary/aromatic N) is 2. The first kappa shape index (κ1) is 12.3. The third-order valence-corrected chi connectivity index (χ3v) is 4.43. The van der Waals surface area contributed by atoms with Gasteiger partial charge in [-0.15, -0.1) is 11.6 Å². The Bertz CT molecular complexity index is 597. The summed E-state index contributed by atoms with van der Waals surface area (Å²) in [6, 6.07) is 5.88. The Morgan fingerprint density at radius 1 is 1.39 bits per heavy atom. The van der Waals surface area contributed by atoms with E-state index in [-0.39, 0.29) is 5.54 Å². The fraction of sp³-hybridized carbons (Fsp3) is 0.500. The first-order valence-electron chi connectivity index (χ1n) is 6.27. The Labute approximate surface area is 117 Å². The fourth-order valence-corrected chi connectivity index (χ4v) is 3.15. The first-order valence-corrected chi connectivity index (χ1v) is 7.18. The highest BCUT2D eigenvalue weighted by Crippen LogP contribution is 2.45. The molecule has 0 aliphatic heterocycles. The number of halogens is 2. The van der Waals surface area contributed by atoms with Crippen LogP contribution in [0.2, 0.25) is 5.02 Å². The maximum Gasteiger partial charge on any atom is 0.125 e. The predicted molar refractivity (Wildman–Crippen MR) is 76.3 cm³/mol. The van der Waals surface area contributed by atoms with Gasteiger partial charge in [0.05, 0.1) is 16.9 Å². The lowest BCUT2D eigenvalue weighted by atomic mass is 9.97. The quantitative estimate of drug-likeness (QED) is 0.754. The number of hydrogen-bond acceptors (Lipinski definition) is 1. The zero-order valence-electron chi connectivity index (χ0n) is 10.6. The second kappa shape index (κ2) is 4.14. The third-order valence-electron chi connectivity index (χ3n) is 3.96. The molecule has 0 N–H and O–H groups in total. The molecule has 96 valence electrons. The monoisotopic (exact) mass is 282 g/mol. The van der Waals surface area contributed by atoms with E-state index in [0.29, 0.717) is 5.88 Å². The fourth-order valence-electron chi connectivity index (χ4n) is 2.81. The smallest absolute Gasteiger partial charge is 0.125 e. The van der Waals surface area contributed by atoms with Gasteiger partial charge >= 0.3 is 0 Å². The molecule has 1 aliphatic rings. The van der Waals surface area contributed by atoms with Crippen LogP contribution < -0.4 is 0 Å². The van der Waals surface area contributed by atoms with Crippen molar-refractivity contribution in [3.8, 4) is 0 Å². The molecule has 3 rings (SSSR count). The number of aromatic nitrogens is 2. The first-order chi connectivity index (χ1) is 8.54. The van der Waals surface area contributed by atoms with Gasteiger partial charge < -0.3 is 4.57 Å². The van der Waals surface area contributed by atoms with Crippen LogP contribution >= 0.6 is 23.2 Å². The number of imidazole rings is 1. The van der Waals surface area contributed by atoms with Crippen LogP contribution in [0.1, 0.15) is 32.5 Å². The topological polar surface area (TPSA) is 17.8 Å². The van der Waals surface area contributed by atoms with Gasteiger partial charge in [-0.2, -0.15) is 0 Å². The summed E-state index contributed by atoms with van der Waals surface area (Å²) >= 11 is 12.1. The molecule has 0 unspecified atom stereocenters. The molecule has 18 heavy (non-hydrogen) atoms. The van der Waals surface area contributed by atoms with Crippen molar-refractivity contribution in [1.29, 1.82) is 0 Å². The average molecular weight is 283 g/mol. The lowest BCUT2D eigenvalue weighted by Gasteiger charge is -2.29. The van der Waals surface area contributed by atoms with Crippen LogP contribution in [0.3, 0.4) is 0 Å². The van der Waals surface area contributed by atoms with Crippen molar-refractivity contribution in [1.82, 2.24) is 9.55 Å². The Morgan fingerprint density at radius 2 is 2.11 bits per heavy atom. The van der Waals surface area contributed by atoms with Gasteiger partial charge in [-0.3, -0.25) is 0 Å². The molecular weight excluding hydrogens is 267 g/mol. The summed E-state index contributed by atoms with van der Waals surface area (Å²) in [6.07, 6.45) is 2.59. The SMILES string of the molecule is CC(C)(C1CC1)n1c(CCl)nc2cc(Cl)ccc21. The third kappa shape index (κ3) is 1.83. The van der Waals surface area contributed by atoms with E-state index >= 15 is 0 Å². The van der Waals surface area contributed by atoms with Crippen molar-refractivity contribution in [2.45, 2.75) is 38.1 Å². The van der Waals surface area contributed by atoms with E-state index in [1.807, 2.05) is 18.2 Å². The lowest BCUT2D eigenvalue weighted by Crippen LogP contribution is -2.30. The maximum atomic E-state index is 6.06. The van der Waals surface area contributed by atoms with Gasteiger partial charge in [0, 0.05) is 10.6 Å². The predicted octanol–water partition coefficient (Wildman–Crippen LogP) is 4.57. The van der Waals surface area contributed by atoms with Gasteiger partial charge in [0.2, 0.25) is 0 Å². The molecule has 1 aromatic heterocycles. The number of alkyl halides is 1. The lowest BCUT2D eigenvalue weighted by molar-refractivity contribution is 0.306. The van der Waals surface area contributed by atoms with Crippen LogP contribution in [0, 0.1) is 5.92 Å². The summed E-state index contributed by atoms with van der Waals surface area (Å²) in [4.78, 5) is 4.62. The van der Waals surface area contributed by atoms with Crippen LogP contribution in [0.15, 0.2) is 18.2 Å². The summed E-state index contributed by atoms with van der Waals surface area (Å²) in [7, 11) is 0. The highest BCUT2D eigenvalue weighted by molar-refractivity contribution is 6.31. The molecule has 0 atom stereocenters. The normalized spacial score (nSPS) is 16.4. The summed E-state index contributed by atoms with van der Waals surface area (Å²) in [6.45, 7) is 4.55. The molecule has 0 saturated heterocycles. The highest BCUT2D eigenvalue weighted by atomic mass is 35.5. The van der Waals surface area contributed by atoms with E-state index in [4.69, 9.17) is 23.2 Å². The number of rotatable bonds is 3. The van der Waals surface area contributed by atoms with Crippen molar-refractivity contribution < 1.29 is 0 Å².